The van der Waals surface area contributed by atoms with Crippen molar-refractivity contribution in [3.05, 3.63) is 39.9 Å². The maximum atomic E-state index is 11.1. The third kappa shape index (κ3) is 60.3. The molecule has 0 aliphatic heterocycles. The number of hydrogen-bond acceptors (Lipinski definition) is 1. The first-order valence-electron chi connectivity index (χ1n) is 5.53. The van der Waals surface area contributed by atoms with E-state index in [9.17, 15) is 4.79 Å². The van der Waals surface area contributed by atoms with Gasteiger partial charge in [0.2, 0.25) is 0 Å². The molecule has 1 saturated carbocycles. The minimum Gasteiger partial charge on any atom is 0 e. The Hall–Kier alpha value is -1.32. The van der Waals surface area contributed by atoms with E-state index in [-0.39, 0.29) is 39.5 Å². The van der Waals surface area contributed by atoms with Gasteiger partial charge in [0, 0.05) is 52.3 Å². The van der Waals surface area contributed by atoms with Crippen molar-refractivity contribution in [1.29, 1.82) is 0 Å². The summed E-state index contributed by atoms with van der Waals surface area (Å²) >= 11 is 0. The van der Waals surface area contributed by atoms with Crippen LogP contribution < -0.4 is 0 Å². The normalized spacial score (nSPS) is 12.3. The van der Waals surface area contributed by atoms with E-state index in [0.717, 1.165) is 19.3 Å². The van der Waals surface area contributed by atoms with E-state index in [0.29, 0.717) is 12.2 Å². The molecule has 0 N–H and O–H groups in total. The average molecular weight is 436 g/mol. The molecule has 0 heterocycles. The third-order valence-corrected chi connectivity index (χ3v) is 2.22. The Morgan fingerprint density at radius 1 is 0.760 bits per heavy atom. The van der Waals surface area contributed by atoms with Crippen LogP contribution in [-0.2, 0) is 66.3 Å². The van der Waals surface area contributed by atoms with Crippen molar-refractivity contribution in [1.82, 2.24) is 0 Å². The largest absolute Gasteiger partial charge is 0 e. The molecule has 1 fully saturated rings. The van der Waals surface area contributed by atoms with Gasteiger partial charge in [0.05, 0.1) is 0 Å². The number of terminal acetylenes is 1. The van der Waals surface area contributed by atoms with Gasteiger partial charge < -0.3 is 0 Å². The number of rotatable bonds is 0. The molecule has 0 aromatic rings. The van der Waals surface area contributed by atoms with E-state index in [1.807, 2.05) is 0 Å². The monoisotopic (exact) mass is 436 g/mol. The van der Waals surface area contributed by atoms with Gasteiger partial charge in [-0.15, -0.1) is 12.3 Å². The zero-order valence-corrected chi connectivity index (χ0v) is 15.0. The van der Waals surface area contributed by atoms with Crippen molar-refractivity contribution in [2.45, 2.75) is 38.5 Å². The SMILES string of the molecule is C#CC1CCCCCC(=O)C1.[C-]#[O+].[C-]#[O+].[C-]#[O+].[C-]#[O+].[C-]#[O+].[C-]#[O+].[Co].[Co]. The second kappa shape index (κ2) is 78.1. The van der Waals surface area contributed by atoms with Gasteiger partial charge >= 0.3 is 67.8 Å². The molecule has 0 bridgehead atoms. The van der Waals surface area contributed by atoms with Gasteiger partial charge in [0.15, 0.2) is 0 Å². The summed E-state index contributed by atoms with van der Waals surface area (Å²) in [6.07, 6.45) is 11.1. The van der Waals surface area contributed by atoms with E-state index < -0.39 is 0 Å². The van der Waals surface area contributed by atoms with Crippen molar-refractivity contribution in [3.63, 3.8) is 0 Å². The number of hydrogen-bond donors (Lipinski definition) is 0. The Morgan fingerprint density at radius 2 is 1.12 bits per heavy atom. The smallest absolute Gasteiger partial charge is 0 e. The van der Waals surface area contributed by atoms with Crippen LogP contribution in [0.5, 0.6) is 0 Å². The van der Waals surface area contributed by atoms with E-state index in [4.69, 9.17) is 34.3 Å². The van der Waals surface area contributed by atoms with Gasteiger partial charge in [-0.2, -0.15) is 0 Å². The first kappa shape index (κ1) is 49.5. The predicted octanol–water partition coefficient (Wildman–Crippen LogP) is 1.93. The molecular formula is C16H14Co2O7. The molecule has 138 valence electrons. The summed E-state index contributed by atoms with van der Waals surface area (Å²) in [4.78, 5) is 11.1. The summed E-state index contributed by atoms with van der Waals surface area (Å²) in [6, 6.07) is 0. The van der Waals surface area contributed by atoms with Crippen molar-refractivity contribution < 1.29 is 66.3 Å². The molecule has 9 heteroatoms. The fourth-order valence-electron chi connectivity index (χ4n) is 1.51. The molecule has 7 nitrogen and oxygen atoms in total. The van der Waals surface area contributed by atoms with Crippen LogP contribution in [0.2, 0.25) is 0 Å². The van der Waals surface area contributed by atoms with Gasteiger partial charge in [-0.25, -0.2) is 0 Å². The number of ketones is 1. The first-order chi connectivity index (χ1) is 11.3. The quantitative estimate of drug-likeness (QED) is 0.320. The van der Waals surface area contributed by atoms with E-state index in [1.165, 1.54) is 12.8 Å². The Kier molecular flexibility index (Phi) is 155. The maximum Gasteiger partial charge on any atom is 0 e. The molecule has 1 unspecified atom stereocenters. The summed E-state index contributed by atoms with van der Waals surface area (Å²) in [5, 5.41) is 0. The summed E-state index contributed by atoms with van der Waals surface area (Å²) in [7, 11) is 0. The summed E-state index contributed by atoms with van der Waals surface area (Å²) in [6.45, 7) is 27.0. The van der Waals surface area contributed by atoms with Crippen molar-refractivity contribution in [2.24, 2.45) is 5.92 Å². The summed E-state index contributed by atoms with van der Waals surface area (Å²) in [5.74, 6) is 3.26. The summed E-state index contributed by atoms with van der Waals surface area (Å²) < 4.78 is 45.0. The van der Waals surface area contributed by atoms with Crippen molar-refractivity contribution >= 4 is 5.78 Å². The molecule has 0 saturated heterocycles. The molecule has 1 aliphatic carbocycles. The number of carbonyl (C=O) groups excluding carboxylic acids is 1. The van der Waals surface area contributed by atoms with E-state index in [1.54, 1.807) is 0 Å². The Labute approximate surface area is 168 Å². The van der Waals surface area contributed by atoms with E-state index >= 15 is 0 Å². The molecule has 1 aliphatic rings. The first-order valence-corrected chi connectivity index (χ1v) is 5.53. The molecule has 0 aromatic heterocycles. The van der Waals surface area contributed by atoms with Gasteiger partial charge in [-0.3, -0.25) is 4.79 Å². The van der Waals surface area contributed by atoms with Crippen LogP contribution >= 0.6 is 0 Å². The fraction of sp³-hybridized carbons (Fsp3) is 0.438. The van der Waals surface area contributed by atoms with Gasteiger partial charge in [0.25, 0.3) is 0 Å². The Morgan fingerprint density at radius 3 is 1.44 bits per heavy atom. The predicted molar refractivity (Wildman–Crippen MR) is 68.6 cm³/mol. The van der Waals surface area contributed by atoms with Crippen LogP contribution in [0.1, 0.15) is 38.5 Å². The summed E-state index contributed by atoms with van der Waals surface area (Å²) in [5.41, 5.74) is 0. The molecule has 1 rings (SSSR count). The van der Waals surface area contributed by atoms with Gasteiger partial charge in [-0.1, -0.05) is 12.8 Å². The molecule has 1 atom stereocenters. The van der Waals surface area contributed by atoms with Crippen molar-refractivity contribution in [3.8, 4) is 12.3 Å². The standard InChI is InChI=1S/C10H14O.6CO.2Co/c1-2-9-6-4-3-5-7-10(11)8-9;6*1-2;;/h1,9H,3-8H2;;;;;;;;. The van der Waals surface area contributed by atoms with Crippen LogP contribution in [0, 0.1) is 58.2 Å². The van der Waals surface area contributed by atoms with Crippen LogP contribution in [-0.4, -0.2) is 5.78 Å². The minimum atomic E-state index is 0. The zero-order chi connectivity index (χ0) is 20.1. The fourth-order valence-corrected chi connectivity index (χ4v) is 1.51. The molecule has 0 spiro atoms. The maximum absolute atomic E-state index is 11.1. The third-order valence-electron chi connectivity index (χ3n) is 2.22. The second-order valence-corrected chi connectivity index (χ2v) is 3.21. The van der Waals surface area contributed by atoms with Gasteiger partial charge in [0.1, 0.15) is 5.78 Å². The molecule has 2 radical (unpaired) electrons. The van der Waals surface area contributed by atoms with Crippen LogP contribution in [0.15, 0.2) is 0 Å². The van der Waals surface area contributed by atoms with Gasteiger partial charge in [-0.05, 0) is 12.8 Å². The van der Waals surface area contributed by atoms with Crippen molar-refractivity contribution in [2.75, 3.05) is 0 Å². The minimum absolute atomic E-state index is 0. The Bertz CT molecular complexity index is 354. The molecule has 0 aromatic carbocycles. The molecule has 25 heavy (non-hydrogen) atoms. The zero-order valence-electron chi connectivity index (χ0n) is 12.9. The number of Topliss-reactive ketones (excluding diaryl/α,β-unsaturated/α-hetero) is 1. The number of carbonyl (C=O) groups is 1. The molecule has 0 amide bonds. The Balaban J connectivity index is -0.0000000297. The second-order valence-electron chi connectivity index (χ2n) is 3.21. The average Bonchev–Trinajstić information content (AvgIpc) is 2.68. The van der Waals surface area contributed by atoms with E-state index in [2.05, 4.69) is 45.8 Å². The molecular weight excluding hydrogens is 422 g/mol. The van der Waals surface area contributed by atoms with Crippen LogP contribution in [0.4, 0.5) is 0 Å². The van der Waals surface area contributed by atoms with Crippen LogP contribution in [0.3, 0.4) is 0 Å². The van der Waals surface area contributed by atoms with Crippen LogP contribution in [0.25, 0.3) is 0 Å². The topological polar surface area (TPSA) is 136 Å².